The Kier molecular flexibility index (Phi) is 2.67. The van der Waals surface area contributed by atoms with Crippen molar-refractivity contribution in [2.45, 2.75) is 19.9 Å². The number of fused-ring (bicyclic) bond motifs is 1. The molecule has 0 saturated heterocycles. The molecule has 3 nitrogen and oxygen atoms in total. The van der Waals surface area contributed by atoms with Crippen LogP contribution in [0.15, 0.2) is 36.5 Å². The van der Waals surface area contributed by atoms with Crippen LogP contribution < -0.4 is 0 Å². The van der Waals surface area contributed by atoms with Gasteiger partial charge in [-0.2, -0.15) is 0 Å². The molecule has 2 aromatic rings. The Morgan fingerprint density at radius 1 is 1.28 bits per heavy atom. The van der Waals surface area contributed by atoms with Crippen LogP contribution in [-0.4, -0.2) is 17.1 Å². The number of carbonyl (C=O) groups excluding carboxylic acids is 1. The quantitative estimate of drug-likeness (QED) is 0.757. The molecule has 0 atom stereocenters. The molecule has 1 aromatic carbocycles. The molecule has 0 aliphatic carbocycles. The van der Waals surface area contributed by atoms with Gasteiger partial charge in [-0.15, -0.1) is 0 Å². The number of rotatable bonds is 2. The van der Waals surface area contributed by atoms with E-state index in [1.165, 1.54) is 11.1 Å². The molecule has 0 fully saturated rings. The second-order valence-corrected chi connectivity index (χ2v) is 4.64. The van der Waals surface area contributed by atoms with Crippen LogP contribution >= 0.6 is 0 Å². The van der Waals surface area contributed by atoms with Gasteiger partial charge in [0.1, 0.15) is 5.69 Å². The second-order valence-electron chi connectivity index (χ2n) is 4.64. The lowest BCUT2D eigenvalue weighted by atomic mass is 10.1. The van der Waals surface area contributed by atoms with E-state index in [1.807, 2.05) is 29.0 Å². The topological polar surface area (TPSA) is 31.2 Å². The summed E-state index contributed by atoms with van der Waals surface area (Å²) in [5, 5.41) is 0. The fourth-order valence-corrected chi connectivity index (χ4v) is 2.51. The third kappa shape index (κ3) is 1.82. The first-order valence-electron chi connectivity index (χ1n) is 6.15. The van der Waals surface area contributed by atoms with Crippen molar-refractivity contribution in [1.29, 1.82) is 0 Å². The van der Waals surface area contributed by atoms with Gasteiger partial charge in [-0.05, 0) is 23.6 Å². The molecule has 0 bridgehead atoms. The lowest BCUT2D eigenvalue weighted by Crippen LogP contribution is -2.21. The number of hydrogen-bond donors (Lipinski definition) is 0. The van der Waals surface area contributed by atoms with Crippen molar-refractivity contribution < 1.29 is 9.53 Å². The zero-order chi connectivity index (χ0) is 12.5. The summed E-state index contributed by atoms with van der Waals surface area (Å²) in [5.41, 5.74) is 4.23. The maximum absolute atomic E-state index is 11.9. The smallest absolute Gasteiger partial charge is 0.355 e. The molecule has 0 unspecified atom stereocenters. The van der Waals surface area contributed by atoms with Crippen LogP contribution in [0.4, 0.5) is 0 Å². The highest BCUT2D eigenvalue weighted by Crippen LogP contribution is 2.23. The van der Waals surface area contributed by atoms with Crippen LogP contribution in [0.25, 0.3) is 0 Å². The molecule has 1 aromatic heterocycles. The maximum atomic E-state index is 11.9. The summed E-state index contributed by atoms with van der Waals surface area (Å²) in [7, 11) is 0. The number of cyclic esters (lactones) is 1. The van der Waals surface area contributed by atoms with Crippen molar-refractivity contribution in [3.63, 3.8) is 0 Å². The molecule has 92 valence electrons. The monoisotopic (exact) mass is 241 g/mol. The van der Waals surface area contributed by atoms with E-state index in [9.17, 15) is 4.79 Å². The molecule has 0 saturated carbocycles. The van der Waals surface area contributed by atoms with Gasteiger partial charge in [0.2, 0.25) is 0 Å². The fourth-order valence-electron chi connectivity index (χ4n) is 2.51. The first kappa shape index (κ1) is 11.1. The minimum absolute atomic E-state index is 0.194. The third-order valence-corrected chi connectivity index (χ3v) is 3.37. The number of benzene rings is 1. The molecule has 0 N–H and O–H groups in total. The van der Waals surface area contributed by atoms with E-state index >= 15 is 0 Å². The van der Waals surface area contributed by atoms with E-state index in [1.54, 1.807) is 0 Å². The summed E-state index contributed by atoms with van der Waals surface area (Å²) in [5.74, 6) is -0.194. The van der Waals surface area contributed by atoms with Gasteiger partial charge in [0, 0.05) is 19.2 Å². The number of aryl methyl sites for hydroxylation is 1. The summed E-state index contributed by atoms with van der Waals surface area (Å²) in [4.78, 5) is 11.9. The summed E-state index contributed by atoms with van der Waals surface area (Å²) < 4.78 is 7.14. The highest BCUT2D eigenvalue weighted by molar-refractivity contribution is 5.91. The third-order valence-electron chi connectivity index (χ3n) is 3.37. The Bertz CT molecular complexity index is 584. The first-order valence-corrected chi connectivity index (χ1v) is 6.15. The standard InChI is InChI=1S/C15H15NO2/c1-11-9-16(10-12-5-3-2-4-6-12)14-13(11)7-8-18-15(14)17/h2-6,9H,7-8,10H2,1H3. The predicted octanol–water partition coefficient (Wildman–Crippen LogP) is 2.56. The van der Waals surface area contributed by atoms with Crippen LogP contribution in [0.2, 0.25) is 0 Å². The van der Waals surface area contributed by atoms with Crippen molar-refractivity contribution in [1.82, 2.24) is 4.57 Å². The number of nitrogens with zero attached hydrogens (tertiary/aromatic N) is 1. The SMILES string of the molecule is Cc1cn(Cc2ccccc2)c2c1CCOC2=O. The zero-order valence-corrected chi connectivity index (χ0v) is 10.3. The average molecular weight is 241 g/mol. The zero-order valence-electron chi connectivity index (χ0n) is 10.3. The fraction of sp³-hybridized carbons (Fsp3) is 0.267. The van der Waals surface area contributed by atoms with Crippen molar-refractivity contribution in [2.75, 3.05) is 6.61 Å². The molecule has 3 rings (SSSR count). The second kappa shape index (κ2) is 4.33. The molecule has 18 heavy (non-hydrogen) atoms. The average Bonchev–Trinajstić information content (AvgIpc) is 2.69. The van der Waals surface area contributed by atoms with E-state index in [-0.39, 0.29) is 5.97 Å². The van der Waals surface area contributed by atoms with Gasteiger partial charge in [-0.3, -0.25) is 0 Å². The number of ether oxygens (including phenoxy) is 1. The van der Waals surface area contributed by atoms with Crippen molar-refractivity contribution >= 4 is 5.97 Å². The summed E-state index contributed by atoms with van der Waals surface area (Å²) in [6.07, 6.45) is 2.87. The Balaban J connectivity index is 2.01. The lowest BCUT2D eigenvalue weighted by molar-refractivity contribution is 0.0467. The number of hydrogen-bond acceptors (Lipinski definition) is 2. The Labute approximate surface area is 106 Å². The molecule has 1 aliphatic rings. The molecule has 0 spiro atoms. The van der Waals surface area contributed by atoms with Crippen LogP contribution in [0.3, 0.4) is 0 Å². The molecule has 1 aliphatic heterocycles. The Morgan fingerprint density at radius 3 is 2.83 bits per heavy atom. The maximum Gasteiger partial charge on any atom is 0.355 e. The van der Waals surface area contributed by atoms with Gasteiger partial charge >= 0.3 is 5.97 Å². The molecular formula is C15H15NO2. The highest BCUT2D eigenvalue weighted by Gasteiger charge is 2.25. The van der Waals surface area contributed by atoms with E-state index in [4.69, 9.17) is 4.74 Å². The van der Waals surface area contributed by atoms with E-state index in [2.05, 4.69) is 19.1 Å². The van der Waals surface area contributed by atoms with Gasteiger partial charge < -0.3 is 9.30 Å². The first-order chi connectivity index (χ1) is 8.75. The summed E-state index contributed by atoms with van der Waals surface area (Å²) in [6.45, 7) is 3.27. The van der Waals surface area contributed by atoms with Crippen molar-refractivity contribution in [3.05, 3.63) is 58.9 Å². The van der Waals surface area contributed by atoms with Gasteiger partial charge in [-0.25, -0.2) is 4.79 Å². The van der Waals surface area contributed by atoms with Gasteiger partial charge in [0.25, 0.3) is 0 Å². The lowest BCUT2D eigenvalue weighted by Gasteiger charge is -2.15. The minimum Gasteiger partial charge on any atom is -0.461 e. The molecule has 3 heteroatoms. The predicted molar refractivity (Wildman–Crippen MR) is 68.7 cm³/mol. The summed E-state index contributed by atoms with van der Waals surface area (Å²) in [6, 6.07) is 10.1. The van der Waals surface area contributed by atoms with Gasteiger partial charge in [0.05, 0.1) is 6.61 Å². The van der Waals surface area contributed by atoms with E-state index in [0.717, 1.165) is 17.7 Å². The highest BCUT2D eigenvalue weighted by atomic mass is 16.5. The summed E-state index contributed by atoms with van der Waals surface area (Å²) >= 11 is 0. The molecule has 0 amide bonds. The van der Waals surface area contributed by atoms with Crippen LogP contribution in [0, 0.1) is 6.92 Å². The number of esters is 1. The Morgan fingerprint density at radius 2 is 2.06 bits per heavy atom. The number of carbonyl (C=O) groups is 1. The van der Waals surface area contributed by atoms with Gasteiger partial charge in [0.15, 0.2) is 0 Å². The van der Waals surface area contributed by atoms with Crippen LogP contribution in [-0.2, 0) is 17.7 Å². The van der Waals surface area contributed by atoms with Crippen molar-refractivity contribution in [2.24, 2.45) is 0 Å². The molecular weight excluding hydrogens is 226 g/mol. The largest absolute Gasteiger partial charge is 0.461 e. The van der Waals surface area contributed by atoms with Crippen LogP contribution in [0.1, 0.15) is 27.2 Å². The van der Waals surface area contributed by atoms with Crippen molar-refractivity contribution in [3.8, 4) is 0 Å². The molecule has 2 heterocycles. The van der Waals surface area contributed by atoms with Gasteiger partial charge in [-0.1, -0.05) is 30.3 Å². The minimum atomic E-state index is -0.194. The Hall–Kier alpha value is -2.03. The van der Waals surface area contributed by atoms with Crippen LogP contribution in [0.5, 0.6) is 0 Å². The number of aromatic nitrogens is 1. The molecule has 0 radical (unpaired) electrons. The normalized spacial score (nSPS) is 14.2. The van der Waals surface area contributed by atoms with E-state index in [0.29, 0.717) is 13.2 Å². The van der Waals surface area contributed by atoms with E-state index < -0.39 is 0 Å².